The molecule has 0 saturated heterocycles. The number of carbonyl (C=O) groups is 1. The number of rotatable bonds is 9. The summed E-state index contributed by atoms with van der Waals surface area (Å²) >= 11 is 1.00. The van der Waals surface area contributed by atoms with Crippen LogP contribution in [0.25, 0.3) is 17.2 Å². The Balaban J connectivity index is 1.83. The van der Waals surface area contributed by atoms with Crippen LogP contribution in [0.2, 0.25) is 0 Å². The van der Waals surface area contributed by atoms with E-state index in [4.69, 9.17) is 5.14 Å². The second-order valence-corrected chi connectivity index (χ2v) is 9.24. The fourth-order valence-electron chi connectivity index (χ4n) is 2.62. The number of thioether (sulfide) groups is 1. The van der Waals surface area contributed by atoms with Crippen molar-refractivity contribution in [1.82, 2.24) is 25.4 Å². The minimum Gasteiger partial charge on any atom is -0.352 e. The van der Waals surface area contributed by atoms with Crippen LogP contribution in [-0.2, 0) is 14.8 Å². The third-order valence-electron chi connectivity index (χ3n) is 3.96. The Kier molecular flexibility index (Phi) is 7.23. The largest absolute Gasteiger partial charge is 0.446 e. The van der Waals surface area contributed by atoms with Gasteiger partial charge in [-0.3, -0.25) is 9.32 Å². The summed E-state index contributed by atoms with van der Waals surface area (Å²) in [6.07, 6.45) is -3.13. The Labute approximate surface area is 187 Å². The summed E-state index contributed by atoms with van der Waals surface area (Å²) in [5.41, 5.74) is -1.17. The number of benzene rings is 1. The van der Waals surface area contributed by atoms with Gasteiger partial charge in [0.25, 0.3) is 6.43 Å². The van der Waals surface area contributed by atoms with E-state index in [0.717, 1.165) is 34.5 Å². The standard InChI is InChI=1S/C16H15F3N6O6S2/c1-7(21-11(26)6-33(20,28)29)5-32-15-12(22-31-24-15)14-23-30-16(27)25(14)8-2-3-10(17)9(4-8)13(18)19/h2-4,7,13H,5-6H2,1H3,(H,21,26)(H2,20,28,29). The number of hydrogen-bond donors (Lipinski definition) is 2. The van der Waals surface area contributed by atoms with E-state index in [-0.39, 0.29) is 28.0 Å². The molecule has 1 aromatic carbocycles. The van der Waals surface area contributed by atoms with Crippen LogP contribution in [0.3, 0.4) is 0 Å². The molecule has 0 radical (unpaired) electrons. The molecule has 17 heteroatoms. The van der Waals surface area contributed by atoms with Crippen LogP contribution >= 0.6 is 11.8 Å². The topological polar surface area (TPSA) is 176 Å². The van der Waals surface area contributed by atoms with Crippen LogP contribution in [0.15, 0.2) is 37.2 Å². The van der Waals surface area contributed by atoms with Crippen molar-refractivity contribution < 1.29 is 35.5 Å². The van der Waals surface area contributed by atoms with Crippen molar-refractivity contribution in [2.24, 2.45) is 5.14 Å². The number of halogens is 3. The Morgan fingerprint density at radius 2 is 2.03 bits per heavy atom. The summed E-state index contributed by atoms with van der Waals surface area (Å²) in [6, 6.07) is 2.07. The number of hydrogen-bond acceptors (Lipinski definition) is 10. The highest BCUT2D eigenvalue weighted by Gasteiger charge is 2.25. The molecule has 0 fully saturated rings. The second-order valence-electron chi connectivity index (χ2n) is 6.62. The molecule has 0 bridgehead atoms. The quantitative estimate of drug-likeness (QED) is 0.394. The van der Waals surface area contributed by atoms with Crippen molar-refractivity contribution in [3.8, 4) is 17.2 Å². The van der Waals surface area contributed by atoms with E-state index in [2.05, 4.69) is 29.9 Å². The molecule has 2 aromatic heterocycles. The van der Waals surface area contributed by atoms with Crippen LogP contribution in [0.4, 0.5) is 13.2 Å². The number of sulfonamides is 1. The normalized spacial score (nSPS) is 12.8. The van der Waals surface area contributed by atoms with Gasteiger partial charge in [0.05, 0.1) is 11.3 Å². The first kappa shape index (κ1) is 24.5. The summed E-state index contributed by atoms with van der Waals surface area (Å²) in [5, 5.41) is 18.2. The average Bonchev–Trinajstić information content (AvgIpc) is 3.31. The number of aromatic nitrogens is 4. The van der Waals surface area contributed by atoms with Crippen molar-refractivity contribution in [3.05, 3.63) is 40.1 Å². The fraction of sp³-hybridized carbons (Fsp3) is 0.312. The van der Waals surface area contributed by atoms with E-state index in [1.807, 2.05) is 0 Å². The molecule has 0 aliphatic rings. The molecule has 2 heterocycles. The Hall–Kier alpha value is -3.18. The summed E-state index contributed by atoms with van der Waals surface area (Å²) in [7, 11) is -3.99. The van der Waals surface area contributed by atoms with Crippen molar-refractivity contribution in [3.63, 3.8) is 0 Å². The maximum absolute atomic E-state index is 13.6. The third-order valence-corrected chi connectivity index (χ3v) is 5.83. The zero-order valence-electron chi connectivity index (χ0n) is 16.6. The Morgan fingerprint density at radius 3 is 2.70 bits per heavy atom. The van der Waals surface area contributed by atoms with Gasteiger partial charge in [-0.25, -0.2) is 40.7 Å². The van der Waals surface area contributed by atoms with E-state index in [0.29, 0.717) is 0 Å². The SMILES string of the molecule is CC(CSc1nonc1-c1noc(=O)n1-c1ccc(F)c(C(F)F)c1)NC(=O)CS(N)(=O)=O. The number of carbonyl (C=O) groups excluding carboxylic acids is 1. The maximum atomic E-state index is 13.6. The number of amides is 1. The van der Waals surface area contributed by atoms with E-state index in [1.165, 1.54) is 0 Å². The molecule has 3 aromatic rings. The first-order chi connectivity index (χ1) is 15.5. The number of nitrogens with zero attached hydrogens (tertiary/aromatic N) is 4. The number of alkyl halides is 2. The van der Waals surface area contributed by atoms with Gasteiger partial charge in [0.1, 0.15) is 11.6 Å². The highest BCUT2D eigenvalue weighted by molar-refractivity contribution is 7.99. The molecule has 33 heavy (non-hydrogen) atoms. The summed E-state index contributed by atoms with van der Waals surface area (Å²) < 4.78 is 71.8. The van der Waals surface area contributed by atoms with Crippen LogP contribution in [-0.4, -0.2) is 51.9 Å². The van der Waals surface area contributed by atoms with Crippen molar-refractivity contribution >= 4 is 27.7 Å². The first-order valence-corrected chi connectivity index (χ1v) is 11.6. The lowest BCUT2D eigenvalue weighted by Crippen LogP contribution is -2.39. The predicted molar refractivity (Wildman–Crippen MR) is 107 cm³/mol. The Morgan fingerprint density at radius 1 is 1.30 bits per heavy atom. The van der Waals surface area contributed by atoms with Gasteiger partial charge >= 0.3 is 5.76 Å². The number of nitrogens with one attached hydrogen (secondary N) is 1. The molecule has 0 spiro atoms. The predicted octanol–water partition coefficient (Wildman–Crippen LogP) is 0.837. The van der Waals surface area contributed by atoms with Crippen LogP contribution < -0.4 is 16.2 Å². The van der Waals surface area contributed by atoms with Crippen molar-refractivity contribution in [2.75, 3.05) is 11.5 Å². The lowest BCUT2D eigenvalue weighted by Gasteiger charge is -2.12. The summed E-state index contributed by atoms with van der Waals surface area (Å²) in [5.74, 6) is -3.99. The molecule has 3 N–H and O–H groups in total. The molecule has 0 saturated carbocycles. The molecule has 178 valence electrons. The first-order valence-electron chi connectivity index (χ1n) is 8.88. The monoisotopic (exact) mass is 508 g/mol. The molecular formula is C16H15F3N6O6S2. The maximum Gasteiger partial charge on any atom is 0.446 e. The van der Waals surface area contributed by atoms with Gasteiger partial charge in [-0.2, -0.15) is 0 Å². The average molecular weight is 508 g/mol. The zero-order chi connectivity index (χ0) is 24.3. The molecule has 0 aliphatic heterocycles. The molecule has 1 atom stereocenters. The van der Waals surface area contributed by atoms with E-state index in [1.54, 1.807) is 6.92 Å². The van der Waals surface area contributed by atoms with Crippen LogP contribution in [0.1, 0.15) is 18.9 Å². The van der Waals surface area contributed by atoms with Gasteiger partial charge in [0.2, 0.25) is 21.8 Å². The highest BCUT2D eigenvalue weighted by Crippen LogP contribution is 2.30. The Bertz CT molecular complexity index is 1320. The second kappa shape index (κ2) is 9.75. The third kappa shape index (κ3) is 5.99. The van der Waals surface area contributed by atoms with Gasteiger partial charge < -0.3 is 5.32 Å². The van der Waals surface area contributed by atoms with Gasteiger partial charge in [-0.15, -0.1) is 0 Å². The molecular weight excluding hydrogens is 493 g/mol. The van der Waals surface area contributed by atoms with Gasteiger partial charge in [-0.1, -0.05) is 16.9 Å². The molecule has 1 unspecified atom stereocenters. The molecule has 3 rings (SSSR count). The fourth-order valence-corrected chi connectivity index (χ4v) is 3.91. The molecule has 0 aliphatic carbocycles. The molecule has 12 nitrogen and oxygen atoms in total. The highest BCUT2D eigenvalue weighted by atomic mass is 32.2. The van der Waals surface area contributed by atoms with Crippen LogP contribution in [0, 0.1) is 5.82 Å². The van der Waals surface area contributed by atoms with E-state index in [9.17, 15) is 31.2 Å². The lowest BCUT2D eigenvalue weighted by molar-refractivity contribution is -0.119. The number of primary sulfonamides is 1. The van der Waals surface area contributed by atoms with E-state index >= 15 is 0 Å². The number of nitrogens with two attached hydrogens (primary N) is 1. The molecule has 1 amide bonds. The summed E-state index contributed by atoms with van der Waals surface area (Å²) in [6.45, 7) is 1.58. The van der Waals surface area contributed by atoms with Gasteiger partial charge in [0, 0.05) is 11.8 Å². The summed E-state index contributed by atoms with van der Waals surface area (Å²) in [4.78, 5) is 23.8. The smallest absolute Gasteiger partial charge is 0.352 e. The minimum absolute atomic E-state index is 0.0863. The zero-order valence-corrected chi connectivity index (χ0v) is 18.2. The minimum atomic E-state index is -3.99. The lowest BCUT2D eigenvalue weighted by atomic mass is 10.2. The van der Waals surface area contributed by atoms with Gasteiger partial charge in [-0.05, 0) is 35.4 Å². The van der Waals surface area contributed by atoms with E-state index < -0.39 is 51.3 Å². The van der Waals surface area contributed by atoms with Crippen molar-refractivity contribution in [2.45, 2.75) is 24.4 Å². The van der Waals surface area contributed by atoms with Gasteiger partial charge in [0.15, 0.2) is 10.7 Å². The van der Waals surface area contributed by atoms with Crippen LogP contribution in [0.5, 0.6) is 0 Å². The van der Waals surface area contributed by atoms with Crippen molar-refractivity contribution in [1.29, 1.82) is 0 Å².